The zero-order chi connectivity index (χ0) is 15.6. The van der Waals surface area contributed by atoms with Crippen molar-refractivity contribution in [2.24, 2.45) is 0 Å². The highest BCUT2D eigenvalue weighted by molar-refractivity contribution is 5.92. The minimum Gasteiger partial charge on any atom is -0.344 e. The largest absolute Gasteiger partial charge is 0.344 e. The van der Waals surface area contributed by atoms with Gasteiger partial charge in [-0.3, -0.25) is 9.89 Å². The SMILES string of the molecule is CC(C)c1cc(C(=O)NC(C)c2ccc(F)cc2F)n[nH]1. The summed E-state index contributed by atoms with van der Waals surface area (Å²) >= 11 is 0. The van der Waals surface area contributed by atoms with Crippen LogP contribution in [0.3, 0.4) is 0 Å². The van der Waals surface area contributed by atoms with Crippen LogP contribution >= 0.6 is 0 Å². The third-order valence-corrected chi connectivity index (χ3v) is 3.23. The number of hydrogen-bond acceptors (Lipinski definition) is 2. The van der Waals surface area contributed by atoms with Gasteiger partial charge in [-0.05, 0) is 25.0 Å². The summed E-state index contributed by atoms with van der Waals surface area (Å²) in [4.78, 5) is 12.1. The monoisotopic (exact) mass is 293 g/mol. The highest BCUT2D eigenvalue weighted by Gasteiger charge is 2.17. The molecule has 4 nitrogen and oxygen atoms in total. The number of H-pyrrole nitrogens is 1. The molecule has 112 valence electrons. The molecule has 1 amide bonds. The molecule has 0 spiro atoms. The predicted octanol–water partition coefficient (Wildman–Crippen LogP) is 3.30. The minimum absolute atomic E-state index is 0.226. The molecule has 0 aliphatic rings. The number of halogens is 2. The number of rotatable bonds is 4. The second-order valence-corrected chi connectivity index (χ2v) is 5.22. The Bertz CT molecular complexity index is 652. The van der Waals surface area contributed by atoms with E-state index in [9.17, 15) is 13.6 Å². The molecule has 2 rings (SSSR count). The molecule has 21 heavy (non-hydrogen) atoms. The lowest BCUT2D eigenvalue weighted by atomic mass is 10.1. The first kappa shape index (κ1) is 15.2. The van der Waals surface area contributed by atoms with E-state index in [-0.39, 0.29) is 17.2 Å². The van der Waals surface area contributed by atoms with E-state index >= 15 is 0 Å². The van der Waals surface area contributed by atoms with Gasteiger partial charge in [0.15, 0.2) is 0 Å². The van der Waals surface area contributed by atoms with Crippen molar-refractivity contribution >= 4 is 5.91 Å². The molecule has 0 fully saturated rings. The Morgan fingerprint density at radius 2 is 1.95 bits per heavy atom. The molecular formula is C15H17F2N3O. The Balaban J connectivity index is 2.11. The van der Waals surface area contributed by atoms with E-state index in [2.05, 4.69) is 15.5 Å². The van der Waals surface area contributed by atoms with E-state index in [1.54, 1.807) is 13.0 Å². The van der Waals surface area contributed by atoms with E-state index in [1.807, 2.05) is 13.8 Å². The van der Waals surface area contributed by atoms with Gasteiger partial charge in [-0.25, -0.2) is 8.78 Å². The van der Waals surface area contributed by atoms with Crippen LogP contribution in [0.5, 0.6) is 0 Å². The summed E-state index contributed by atoms with van der Waals surface area (Å²) in [7, 11) is 0. The van der Waals surface area contributed by atoms with Gasteiger partial charge >= 0.3 is 0 Å². The number of nitrogens with zero attached hydrogens (tertiary/aromatic N) is 1. The number of carbonyl (C=O) groups is 1. The summed E-state index contributed by atoms with van der Waals surface area (Å²) in [6.07, 6.45) is 0. The van der Waals surface area contributed by atoms with Gasteiger partial charge in [0.2, 0.25) is 0 Å². The fraction of sp³-hybridized carbons (Fsp3) is 0.333. The van der Waals surface area contributed by atoms with Crippen molar-refractivity contribution in [3.63, 3.8) is 0 Å². The Hall–Kier alpha value is -2.24. The summed E-state index contributed by atoms with van der Waals surface area (Å²) < 4.78 is 26.5. The summed E-state index contributed by atoms with van der Waals surface area (Å²) in [5.41, 5.74) is 1.32. The third kappa shape index (κ3) is 3.45. The Kier molecular flexibility index (Phi) is 4.35. The van der Waals surface area contributed by atoms with Gasteiger partial charge in [-0.15, -0.1) is 0 Å². The van der Waals surface area contributed by atoms with Crippen LogP contribution in [0.15, 0.2) is 24.3 Å². The molecule has 0 aliphatic heterocycles. The van der Waals surface area contributed by atoms with E-state index < -0.39 is 23.6 Å². The summed E-state index contributed by atoms with van der Waals surface area (Å²) in [6.45, 7) is 5.58. The number of amides is 1. The van der Waals surface area contributed by atoms with Gasteiger partial charge in [-0.2, -0.15) is 5.10 Å². The number of benzene rings is 1. The number of carbonyl (C=O) groups excluding carboxylic acids is 1. The van der Waals surface area contributed by atoms with Gasteiger partial charge in [0, 0.05) is 17.3 Å². The first-order chi connectivity index (χ1) is 9.88. The van der Waals surface area contributed by atoms with Crippen molar-refractivity contribution in [1.82, 2.24) is 15.5 Å². The molecule has 1 heterocycles. The van der Waals surface area contributed by atoms with Crippen LogP contribution in [0.25, 0.3) is 0 Å². The second kappa shape index (κ2) is 6.03. The molecule has 1 aromatic carbocycles. The number of nitrogens with one attached hydrogen (secondary N) is 2. The van der Waals surface area contributed by atoms with E-state index in [1.165, 1.54) is 6.07 Å². The standard InChI is InChI=1S/C15H17F2N3O/c1-8(2)13-7-14(20-19-13)15(21)18-9(3)11-5-4-10(16)6-12(11)17/h4-9H,1-3H3,(H,18,21)(H,19,20). The van der Waals surface area contributed by atoms with Gasteiger partial charge in [-0.1, -0.05) is 19.9 Å². The number of hydrogen-bond donors (Lipinski definition) is 2. The first-order valence-corrected chi connectivity index (χ1v) is 6.69. The summed E-state index contributed by atoms with van der Waals surface area (Å²) in [6, 6.07) is 4.35. The lowest BCUT2D eigenvalue weighted by molar-refractivity contribution is 0.0934. The molecule has 0 saturated heterocycles. The van der Waals surface area contributed by atoms with Crippen molar-refractivity contribution < 1.29 is 13.6 Å². The van der Waals surface area contributed by atoms with Crippen LogP contribution in [-0.2, 0) is 0 Å². The maximum Gasteiger partial charge on any atom is 0.272 e. The van der Waals surface area contributed by atoms with Crippen molar-refractivity contribution in [2.45, 2.75) is 32.7 Å². The molecule has 0 aliphatic carbocycles. The fourth-order valence-electron chi connectivity index (χ4n) is 1.95. The topological polar surface area (TPSA) is 57.8 Å². The molecule has 0 bridgehead atoms. The normalized spacial score (nSPS) is 12.5. The maximum atomic E-state index is 13.7. The van der Waals surface area contributed by atoms with Crippen LogP contribution in [-0.4, -0.2) is 16.1 Å². The number of aromatic amines is 1. The lowest BCUT2D eigenvalue weighted by Crippen LogP contribution is -2.27. The van der Waals surface area contributed by atoms with Crippen molar-refractivity contribution in [1.29, 1.82) is 0 Å². The first-order valence-electron chi connectivity index (χ1n) is 6.69. The molecule has 1 atom stereocenters. The van der Waals surface area contributed by atoms with Crippen LogP contribution in [0.4, 0.5) is 8.78 Å². The quantitative estimate of drug-likeness (QED) is 0.908. The Morgan fingerprint density at radius 3 is 2.52 bits per heavy atom. The van der Waals surface area contributed by atoms with Crippen LogP contribution in [0.2, 0.25) is 0 Å². The second-order valence-electron chi connectivity index (χ2n) is 5.22. The van der Waals surface area contributed by atoms with Crippen LogP contribution < -0.4 is 5.32 Å². The number of aromatic nitrogens is 2. The Labute approximate surface area is 121 Å². The zero-order valence-corrected chi connectivity index (χ0v) is 12.1. The fourth-order valence-corrected chi connectivity index (χ4v) is 1.95. The van der Waals surface area contributed by atoms with E-state index in [0.29, 0.717) is 0 Å². The summed E-state index contributed by atoms with van der Waals surface area (Å²) in [5, 5.41) is 9.35. The molecule has 1 aromatic heterocycles. The van der Waals surface area contributed by atoms with E-state index in [0.717, 1.165) is 17.8 Å². The highest BCUT2D eigenvalue weighted by atomic mass is 19.1. The average Bonchev–Trinajstić information content (AvgIpc) is 2.88. The maximum absolute atomic E-state index is 13.7. The Morgan fingerprint density at radius 1 is 1.24 bits per heavy atom. The molecule has 0 radical (unpaired) electrons. The summed E-state index contributed by atoms with van der Waals surface area (Å²) in [5.74, 6) is -1.52. The van der Waals surface area contributed by atoms with E-state index in [4.69, 9.17) is 0 Å². The zero-order valence-electron chi connectivity index (χ0n) is 12.1. The molecule has 1 unspecified atom stereocenters. The van der Waals surface area contributed by atoms with Crippen LogP contribution in [0, 0.1) is 11.6 Å². The van der Waals surface area contributed by atoms with Crippen molar-refractivity contribution in [3.05, 3.63) is 52.9 Å². The van der Waals surface area contributed by atoms with Gasteiger partial charge < -0.3 is 5.32 Å². The lowest BCUT2D eigenvalue weighted by Gasteiger charge is -2.14. The van der Waals surface area contributed by atoms with Crippen LogP contribution in [0.1, 0.15) is 54.5 Å². The van der Waals surface area contributed by atoms with Crippen molar-refractivity contribution in [2.75, 3.05) is 0 Å². The smallest absolute Gasteiger partial charge is 0.272 e. The molecule has 0 saturated carbocycles. The average molecular weight is 293 g/mol. The molecular weight excluding hydrogens is 276 g/mol. The minimum atomic E-state index is -0.687. The highest BCUT2D eigenvalue weighted by Crippen LogP contribution is 2.18. The molecule has 2 N–H and O–H groups in total. The third-order valence-electron chi connectivity index (χ3n) is 3.23. The van der Waals surface area contributed by atoms with Crippen molar-refractivity contribution in [3.8, 4) is 0 Å². The predicted molar refractivity (Wildman–Crippen MR) is 74.9 cm³/mol. The van der Waals surface area contributed by atoms with Gasteiger partial charge in [0.25, 0.3) is 5.91 Å². The molecule has 6 heteroatoms. The molecule has 2 aromatic rings. The van der Waals surface area contributed by atoms with Gasteiger partial charge in [0.1, 0.15) is 17.3 Å². The van der Waals surface area contributed by atoms with Gasteiger partial charge in [0.05, 0.1) is 6.04 Å².